The molecule has 0 aliphatic carbocycles. The normalized spacial score (nSPS) is 12.6. The Labute approximate surface area is 100 Å². The van der Waals surface area contributed by atoms with Crippen molar-refractivity contribution in [3.8, 4) is 0 Å². The highest BCUT2D eigenvalue weighted by Crippen LogP contribution is 2.19. The Bertz CT molecular complexity index is 255. The molecule has 0 aromatic heterocycles. The Morgan fingerprint density at radius 1 is 1.00 bits per heavy atom. The number of rotatable bonds is 8. The van der Waals surface area contributed by atoms with Crippen molar-refractivity contribution in [3.63, 3.8) is 0 Å². The summed E-state index contributed by atoms with van der Waals surface area (Å²) in [6, 6.07) is 11.4. The lowest BCUT2D eigenvalue weighted by atomic mass is 10.0. The Balaban J connectivity index is 2.49. The molecular weight excluding hydrogens is 194 g/mol. The predicted octanol–water partition coefficient (Wildman–Crippen LogP) is 4.31. The maximum Gasteiger partial charge on any atom is 0.0320 e. The average Bonchev–Trinajstić information content (AvgIpc) is 2.35. The second-order valence-electron chi connectivity index (χ2n) is 4.41. The molecule has 16 heavy (non-hydrogen) atoms. The van der Waals surface area contributed by atoms with Crippen molar-refractivity contribution < 1.29 is 0 Å². The molecule has 0 fully saturated rings. The Morgan fingerprint density at radius 3 is 2.38 bits per heavy atom. The zero-order chi connectivity index (χ0) is 11.6. The van der Waals surface area contributed by atoms with Gasteiger partial charge in [0.2, 0.25) is 0 Å². The Hall–Kier alpha value is -0.820. The highest BCUT2D eigenvalue weighted by molar-refractivity contribution is 5.18. The van der Waals surface area contributed by atoms with Crippen molar-refractivity contribution in [1.29, 1.82) is 0 Å². The Morgan fingerprint density at radius 2 is 1.75 bits per heavy atom. The van der Waals surface area contributed by atoms with Gasteiger partial charge in [-0.05, 0) is 24.9 Å². The van der Waals surface area contributed by atoms with Crippen LogP contribution in [0, 0.1) is 0 Å². The second-order valence-corrected chi connectivity index (χ2v) is 4.41. The first-order valence-electron chi connectivity index (χ1n) is 6.66. The summed E-state index contributed by atoms with van der Waals surface area (Å²) in [4.78, 5) is 0. The number of nitrogens with one attached hydrogen (secondary N) is 1. The lowest BCUT2D eigenvalue weighted by Gasteiger charge is -2.18. The van der Waals surface area contributed by atoms with Crippen molar-refractivity contribution in [2.75, 3.05) is 6.54 Å². The van der Waals surface area contributed by atoms with E-state index in [9.17, 15) is 0 Å². The fraction of sp³-hybridized carbons (Fsp3) is 0.600. The Kier molecular flexibility index (Phi) is 6.91. The van der Waals surface area contributed by atoms with E-state index in [1.807, 2.05) is 0 Å². The van der Waals surface area contributed by atoms with E-state index in [0.29, 0.717) is 6.04 Å². The van der Waals surface area contributed by atoms with E-state index in [0.717, 1.165) is 6.54 Å². The monoisotopic (exact) mass is 219 g/mol. The van der Waals surface area contributed by atoms with Crippen LogP contribution in [0.5, 0.6) is 0 Å². The fourth-order valence-electron chi connectivity index (χ4n) is 1.99. The van der Waals surface area contributed by atoms with E-state index in [-0.39, 0.29) is 0 Å². The quantitative estimate of drug-likeness (QED) is 0.642. The largest absolute Gasteiger partial charge is 0.310 e. The van der Waals surface area contributed by atoms with Crippen LogP contribution in [-0.2, 0) is 0 Å². The van der Waals surface area contributed by atoms with Gasteiger partial charge < -0.3 is 5.32 Å². The van der Waals surface area contributed by atoms with Crippen LogP contribution in [0.3, 0.4) is 0 Å². The van der Waals surface area contributed by atoms with Crippen molar-refractivity contribution in [2.24, 2.45) is 0 Å². The van der Waals surface area contributed by atoms with E-state index in [1.165, 1.54) is 37.7 Å². The van der Waals surface area contributed by atoms with Crippen LogP contribution < -0.4 is 5.32 Å². The van der Waals surface area contributed by atoms with Crippen LogP contribution >= 0.6 is 0 Å². The minimum Gasteiger partial charge on any atom is -0.310 e. The molecule has 1 N–H and O–H groups in total. The van der Waals surface area contributed by atoms with Gasteiger partial charge in [0.25, 0.3) is 0 Å². The van der Waals surface area contributed by atoms with Crippen LogP contribution in [0.2, 0.25) is 0 Å². The number of hydrogen-bond donors (Lipinski definition) is 1. The smallest absolute Gasteiger partial charge is 0.0320 e. The summed E-state index contributed by atoms with van der Waals surface area (Å²) in [6.07, 6.45) is 6.44. The molecule has 1 aromatic rings. The van der Waals surface area contributed by atoms with E-state index >= 15 is 0 Å². The third-order valence-electron chi connectivity index (χ3n) is 2.94. The topological polar surface area (TPSA) is 12.0 Å². The molecule has 0 aliphatic rings. The summed E-state index contributed by atoms with van der Waals surface area (Å²) in [6.45, 7) is 5.60. The molecule has 0 spiro atoms. The number of unbranched alkanes of at least 4 members (excludes halogenated alkanes) is 2. The molecule has 90 valence electrons. The van der Waals surface area contributed by atoms with E-state index in [4.69, 9.17) is 0 Å². The van der Waals surface area contributed by atoms with E-state index < -0.39 is 0 Å². The number of hydrogen-bond acceptors (Lipinski definition) is 1. The summed E-state index contributed by atoms with van der Waals surface area (Å²) in [5.41, 5.74) is 1.44. The minimum atomic E-state index is 0.549. The van der Waals surface area contributed by atoms with Crippen molar-refractivity contribution in [3.05, 3.63) is 35.9 Å². The van der Waals surface area contributed by atoms with Crippen molar-refractivity contribution >= 4 is 0 Å². The van der Waals surface area contributed by atoms with Crippen LogP contribution in [0.1, 0.15) is 57.6 Å². The standard InChI is InChI=1S/C15H25N/c1-3-5-7-12-15(16-13-4-2)14-10-8-6-9-11-14/h6,8-11,15-16H,3-5,7,12-13H2,1-2H3. The zero-order valence-electron chi connectivity index (χ0n) is 10.7. The van der Waals surface area contributed by atoms with Crippen molar-refractivity contribution in [1.82, 2.24) is 5.32 Å². The first-order chi connectivity index (χ1) is 7.88. The molecule has 1 nitrogen and oxygen atoms in total. The van der Waals surface area contributed by atoms with Crippen LogP contribution in [-0.4, -0.2) is 6.54 Å². The highest BCUT2D eigenvalue weighted by atomic mass is 14.9. The van der Waals surface area contributed by atoms with Gasteiger partial charge in [-0.15, -0.1) is 0 Å². The molecule has 1 atom stereocenters. The van der Waals surface area contributed by atoms with Crippen LogP contribution in [0.25, 0.3) is 0 Å². The third-order valence-corrected chi connectivity index (χ3v) is 2.94. The summed E-state index contributed by atoms with van der Waals surface area (Å²) < 4.78 is 0. The van der Waals surface area contributed by atoms with Crippen molar-refractivity contribution in [2.45, 2.75) is 52.0 Å². The predicted molar refractivity (Wildman–Crippen MR) is 71.6 cm³/mol. The SMILES string of the molecule is CCCCCC(NCCC)c1ccccc1. The molecule has 1 unspecified atom stereocenters. The summed E-state index contributed by atoms with van der Waals surface area (Å²) in [7, 11) is 0. The van der Waals surface area contributed by atoms with Gasteiger partial charge in [-0.1, -0.05) is 63.4 Å². The van der Waals surface area contributed by atoms with E-state index in [1.54, 1.807) is 0 Å². The first kappa shape index (κ1) is 13.2. The molecule has 0 aliphatic heterocycles. The molecule has 0 bridgehead atoms. The second kappa shape index (κ2) is 8.35. The van der Waals surface area contributed by atoms with E-state index in [2.05, 4.69) is 49.5 Å². The van der Waals surface area contributed by atoms with Gasteiger partial charge in [-0.3, -0.25) is 0 Å². The lowest BCUT2D eigenvalue weighted by Crippen LogP contribution is -2.22. The van der Waals surface area contributed by atoms with Gasteiger partial charge in [-0.25, -0.2) is 0 Å². The molecule has 0 radical (unpaired) electrons. The van der Waals surface area contributed by atoms with Gasteiger partial charge in [0.15, 0.2) is 0 Å². The molecular formula is C15H25N. The summed E-state index contributed by atoms with van der Waals surface area (Å²) in [5, 5.41) is 3.64. The molecule has 1 aromatic carbocycles. The fourth-order valence-corrected chi connectivity index (χ4v) is 1.99. The summed E-state index contributed by atoms with van der Waals surface area (Å²) >= 11 is 0. The molecule has 0 amide bonds. The molecule has 0 saturated heterocycles. The average molecular weight is 219 g/mol. The molecule has 1 heteroatoms. The van der Waals surface area contributed by atoms with Gasteiger partial charge >= 0.3 is 0 Å². The molecule has 0 heterocycles. The summed E-state index contributed by atoms with van der Waals surface area (Å²) in [5.74, 6) is 0. The van der Waals surface area contributed by atoms with Crippen LogP contribution in [0.4, 0.5) is 0 Å². The third kappa shape index (κ3) is 4.80. The molecule has 0 saturated carbocycles. The lowest BCUT2D eigenvalue weighted by molar-refractivity contribution is 0.474. The van der Waals surface area contributed by atoms with Gasteiger partial charge in [0, 0.05) is 6.04 Å². The minimum absolute atomic E-state index is 0.549. The van der Waals surface area contributed by atoms with Gasteiger partial charge in [0.1, 0.15) is 0 Å². The zero-order valence-corrected chi connectivity index (χ0v) is 10.7. The number of benzene rings is 1. The molecule has 1 rings (SSSR count). The highest BCUT2D eigenvalue weighted by Gasteiger charge is 2.08. The van der Waals surface area contributed by atoms with Crippen LogP contribution in [0.15, 0.2) is 30.3 Å². The van der Waals surface area contributed by atoms with Gasteiger partial charge in [0.05, 0.1) is 0 Å². The maximum absolute atomic E-state index is 3.64. The van der Waals surface area contributed by atoms with Gasteiger partial charge in [-0.2, -0.15) is 0 Å². The maximum atomic E-state index is 3.64. The first-order valence-corrected chi connectivity index (χ1v) is 6.66.